The lowest BCUT2D eigenvalue weighted by atomic mass is 10.1. The number of esters is 1. The molecule has 10 heteroatoms. The van der Waals surface area contributed by atoms with E-state index in [1.807, 2.05) is 0 Å². The number of ether oxygens (including phenoxy) is 3. The van der Waals surface area contributed by atoms with Crippen molar-refractivity contribution < 1.29 is 28.7 Å². The zero-order valence-electron chi connectivity index (χ0n) is 14.2. The van der Waals surface area contributed by atoms with Crippen molar-refractivity contribution in [2.45, 2.75) is 6.92 Å². The third-order valence-corrected chi connectivity index (χ3v) is 4.20. The van der Waals surface area contributed by atoms with Crippen LogP contribution in [0.1, 0.15) is 27.0 Å². The molecule has 1 heterocycles. The number of hydrogen-bond donors (Lipinski definition) is 1. The first-order valence-corrected chi connectivity index (χ1v) is 8.27. The highest BCUT2D eigenvalue weighted by atomic mass is 32.1. The van der Waals surface area contributed by atoms with Crippen molar-refractivity contribution in [2.75, 3.05) is 26.1 Å². The Bertz CT molecular complexity index is 847. The molecular formula is C16H16N2O7S. The lowest BCUT2D eigenvalue weighted by molar-refractivity contribution is -0.385. The predicted octanol–water partition coefficient (Wildman–Crippen LogP) is 3.10. The van der Waals surface area contributed by atoms with Gasteiger partial charge in [-0.1, -0.05) is 0 Å². The largest absolute Gasteiger partial charge is 0.493 e. The number of nitro benzene ring substituents is 1. The number of nitrogens with one attached hydrogen (secondary N) is 1. The molecule has 2 rings (SSSR count). The average molecular weight is 380 g/mol. The van der Waals surface area contributed by atoms with Crippen molar-refractivity contribution >= 4 is 34.6 Å². The lowest BCUT2D eigenvalue weighted by Gasteiger charge is -2.12. The summed E-state index contributed by atoms with van der Waals surface area (Å²) in [4.78, 5) is 35.1. The molecule has 0 saturated carbocycles. The third kappa shape index (κ3) is 3.91. The number of methoxy groups -OCH3 is 2. The van der Waals surface area contributed by atoms with E-state index in [0.29, 0.717) is 0 Å². The molecule has 0 spiro atoms. The molecule has 26 heavy (non-hydrogen) atoms. The van der Waals surface area contributed by atoms with E-state index >= 15 is 0 Å². The van der Waals surface area contributed by atoms with Gasteiger partial charge in [-0.05, 0) is 18.4 Å². The predicted molar refractivity (Wildman–Crippen MR) is 94.4 cm³/mol. The molecule has 1 amide bonds. The monoisotopic (exact) mass is 380 g/mol. The van der Waals surface area contributed by atoms with E-state index in [0.717, 1.165) is 17.4 Å². The molecule has 1 aromatic heterocycles. The molecular weight excluding hydrogens is 364 g/mol. The minimum atomic E-state index is -0.760. The van der Waals surface area contributed by atoms with Gasteiger partial charge < -0.3 is 19.5 Å². The van der Waals surface area contributed by atoms with Crippen LogP contribution in [-0.4, -0.2) is 37.6 Å². The minimum absolute atomic E-state index is 0.140. The summed E-state index contributed by atoms with van der Waals surface area (Å²) < 4.78 is 15.1. The van der Waals surface area contributed by atoms with E-state index in [2.05, 4.69) is 10.1 Å². The summed E-state index contributed by atoms with van der Waals surface area (Å²) in [5, 5.41) is 15.4. The van der Waals surface area contributed by atoms with Crippen molar-refractivity contribution in [1.82, 2.24) is 0 Å². The van der Waals surface area contributed by atoms with Gasteiger partial charge in [-0.3, -0.25) is 14.9 Å². The van der Waals surface area contributed by atoms with Gasteiger partial charge in [0.1, 0.15) is 10.4 Å². The van der Waals surface area contributed by atoms with Gasteiger partial charge >= 0.3 is 5.97 Å². The Balaban J connectivity index is 2.44. The Morgan fingerprint density at radius 3 is 2.58 bits per heavy atom. The first kappa shape index (κ1) is 19.2. The number of nitro groups is 1. The van der Waals surface area contributed by atoms with Crippen LogP contribution in [0.5, 0.6) is 11.5 Å². The van der Waals surface area contributed by atoms with Crippen LogP contribution in [0.3, 0.4) is 0 Å². The zero-order chi connectivity index (χ0) is 19.3. The molecule has 0 aliphatic heterocycles. The van der Waals surface area contributed by atoms with E-state index in [-0.39, 0.29) is 34.2 Å². The molecule has 0 bridgehead atoms. The van der Waals surface area contributed by atoms with Crippen LogP contribution in [0.4, 0.5) is 11.4 Å². The molecule has 0 fully saturated rings. The van der Waals surface area contributed by atoms with Crippen LogP contribution < -0.4 is 14.8 Å². The van der Waals surface area contributed by atoms with E-state index in [9.17, 15) is 19.7 Å². The highest BCUT2D eigenvalue weighted by Gasteiger charge is 2.26. The van der Waals surface area contributed by atoms with Crippen molar-refractivity contribution in [3.63, 3.8) is 0 Å². The maximum absolute atomic E-state index is 12.6. The quantitative estimate of drug-likeness (QED) is 0.445. The van der Waals surface area contributed by atoms with Gasteiger partial charge in [0.2, 0.25) is 0 Å². The van der Waals surface area contributed by atoms with Crippen molar-refractivity contribution in [3.05, 3.63) is 44.1 Å². The molecule has 0 atom stereocenters. The SMILES string of the molecule is CCOc1cc(C(=O)Nc2ccsc2C(=O)OC)c([N+](=O)[O-])cc1OC. The number of amides is 1. The number of carbonyl (C=O) groups excluding carboxylic acids is 2. The Kier molecular flexibility index (Phi) is 6.12. The molecule has 0 saturated heterocycles. The van der Waals surface area contributed by atoms with Crippen molar-refractivity contribution in [1.29, 1.82) is 0 Å². The average Bonchev–Trinajstić information content (AvgIpc) is 3.08. The fourth-order valence-electron chi connectivity index (χ4n) is 2.16. The number of thiophene rings is 1. The summed E-state index contributed by atoms with van der Waals surface area (Å²) in [6, 6.07) is 3.86. The van der Waals surface area contributed by atoms with Gasteiger partial charge in [0.05, 0.1) is 37.5 Å². The van der Waals surface area contributed by atoms with Crippen LogP contribution in [0.25, 0.3) is 0 Å². The third-order valence-electron chi connectivity index (χ3n) is 3.31. The number of rotatable bonds is 7. The second-order valence-corrected chi connectivity index (χ2v) is 5.74. The summed E-state index contributed by atoms with van der Waals surface area (Å²) in [7, 11) is 2.56. The second-order valence-electron chi connectivity index (χ2n) is 4.82. The first-order valence-electron chi connectivity index (χ1n) is 7.39. The molecule has 9 nitrogen and oxygen atoms in total. The molecule has 0 aliphatic carbocycles. The molecule has 138 valence electrons. The number of hydrogen-bond acceptors (Lipinski definition) is 8. The van der Waals surface area contributed by atoms with Crippen molar-refractivity contribution in [2.24, 2.45) is 0 Å². The number of carbonyl (C=O) groups is 2. The van der Waals surface area contributed by atoms with E-state index in [1.54, 1.807) is 12.3 Å². The Labute approximate surface area is 152 Å². The maximum atomic E-state index is 12.6. The van der Waals surface area contributed by atoms with Crippen LogP contribution in [0, 0.1) is 10.1 Å². The van der Waals surface area contributed by atoms with E-state index in [4.69, 9.17) is 9.47 Å². The summed E-state index contributed by atoms with van der Waals surface area (Å²) in [6.45, 7) is 2.01. The summed E-state index contributed by atoms with van der Waals surface area (Å²) in [5.41, 5.74) is -0.464. The first-order chi connectivity index (χ1) is 12.4. The topological polar surface area (TPSA) is 117 Å². The molecule has 2 aromatic rings. The van der Waals surface area contributed by atoms with Gasteiger partial charge in [0.25, 0.3) is 11.6 Å². The summed E-state index contributed by atoms with van der Waals surface area (Å²) in [5.74, 6) is -1.04. The number of anilines is 1. The molecule has 1 aromatic carbocycles. The molecule has 0 aliphatic rings. The normalized spacial score (nSPS) is 10.1. The lowest BCUT2D eigenvalue weighted by Crippen LogP contribution is -2.16. The summed E-state index contributed by atoms with van der Waals surface area (Å²) >= 11 is 1.08. The Hall–Kier alpha value is -3.14. The maximum Gasteiger partial charge on any atom is 0.350 e. The van der Waals surface area contributed by atoms with E-state index < -0.39 is 22.5 Å². The van der Waals surface area contributed by atoms with Crippen LogP contribution >= 0.6 is 11.3 Å². The van der Waals surface area contributed by atoms with Gasteiger partial charge in [-0.15, -0.1) is 11.3 Å². The molecule has 1 N–H and O–H groups in total. The van der Waals surface area contributed by atoms with Gasteiger partial charge in [-0.2, -0.15) is 0 Å². The fraction of sp³-hybridized carbons (Fsp3) is 0.250. The minimum Gasteiger partial charge on any atom is -0.493 e. The van der Waals surface area contributed by atoms with Crippen LogP contribution in [0.15, 0.2) is 23.6 Å². The standard InChI is InChI=1S/C16H16N2O7S/c1-4-25-13-7-9(11(18(21)22)8-12(13)23-2)15(19)17-10-5-6-26-14(10)16(20)24-3/h5-8H,4H2,1-3H3,(H,17,19). The molecule has 0 radical (unpaired) electrons. The summed E-state index contributed by atoms with van der Waals surface area (Å²) in [6.07, 6.45) is 0. The Morgan fingerprint density at radius 1 is 1.27 bits per heavy atom. The number of nitrogens with zero attached hydrogens (tertiary/aromatic N) is 1. The van der Waals surface area contributed by atoms with Crippen molar-refractivity contribution in [3.8, 4) is 11.5 Å². The number of benzene rings is 1. The van der Waals surface area contributed by atoms with Gasteiger partial charge in [0, 0.05) is 6.07 Å². The second kappa shape index (κ2) is 8.30. The van der Waals surface area contributed by atoms with Crippen LogP contribution in [-0.2, 0) is 4.74 Å². The fourth-order valence-corrected chi connectivity index (χ4v) is 2.92. The van der Waals surface area contributed by atoms with Gasteiger partial charge in [0.15, 0.2) is 11.5 Å². The highest BCUT2D eigenvalue weighted by Crippen LogP contribution is 2.35. The highest BCUT2D eigenvalue weighted by molar-refractivity contribution is 7.12. The Morgan fingerprint density at radius 2 is 2.00 bits per heavy atom. The van der Waals surface area contributed by atoms with Gasteiger partial charge in [-0.25, -0.2) is 4.79 Å². The van der Waals surface area contributed by atoms with E-state index in [1.165, 1.54) is 26.4 Å². The smallest absolute Gasteiger partial charge is 0.350 e. The van der Waals surface area contributed by atoms with Crippen LogP contribution in [0.2, 0.25) is 0 Å². The molecule has 0 unspecified atom stereocenters. The zero-order valence-corrected chi connectivity index (χ0v) is 15.0.